The van der Waals surface area contributed by atoms with Crippen LogP contribution in [0.1, 0.15) is 34.1 Å². The number of hydrogen-bond donors (Lipinski definition) is 3. The van der Waals surface area contributed by atoms with Crippen molar-refractivity contribution in [3.8, 4) is 0 Å². The Hall–Kier alpha value is -2.06. The van der Waals surface area contributed by atoms with Crippen molar-refractivity contribution in [2.45, 2.75) is 45.8 Å². The lowest BCUT2D eigenvalue weighted by Gasteiger charge is -2.50. The number of rotatable bonds is 8. The first kappa shape index (κ1) is 21.0. The number of ketones is 2. The zero-order valence-electron chi connectivity index (χ0n) is 15.3. The lowest BCUT2D eigenvalue weighted by Crippen LogP contribution is -2.72. The Morgan fingerprint density at radius 3 is 2.40 bits per heavy atom. The predicted octanol–water partition coefficient (Wildman–Crippen LogP) is 0.0649. The number of carboxylic acids is 1. The van der Waals surface area contributed by atoms with E-state index in [-0.39, 0.29) is 36.8 Å². The number of ether oxygens (including phenoxy) is 1. The second-order valence-corrected chi connectivity index (χ2v) is 6.84. The molecule has 8 heteroatoms. The molecular formula is C17H26N2O6. The Labute approximate surface area is 147 Å². The highest BCUT2D eigenvalue weighted by molar-refractivity contribution is 6.16. The molecule has 1 amide bonds. The van der Waals surface area contributed by atoms with Crippen molar-refractivity contribution in [1.82, 2.24) is 10.6 Å². The van der Waals surface area contributed by atoms with Crippen molar-refractivity contribution in [2.24, 2.45) is 5.41 Å². The smallest absolute Gasteiger partial charge is 0.303 e. The van der Waals surface area contributed by atoms with Crippen LogP contribution in [0.3, 0.4) is 0 Å². The van der Waals surface area contributed by atoms with Crippen LogP contribution in [0.5, 0.6) is 0 Å². The molecule has 8 nitrogen and oxygen atoms in total. The van der Waals surface area contributed by atoms with Gasteiger partial charge in [0.15, 0.2) is 11.6 Å². The molecule has 140 valence electrons. The average Bonchev–Trinajstić information content (AvgIpc) is 2.46. The summed E-state index contributed by atoms with van der Waals surface area (Å²) in [6, 6.07) is 0. The number of amides is 1. The monoisotopic (exact) mass is 354 g/mol. The van der Waals surface area contributed by atoms with E-state index in [4.69, 9.17) is 4.74 Å². The molecule has 0 aromatic heterocycles. The first-order valence-corrected chi connectivity index (χ1v) is 8.00. The van der Waals surface area contributed by atoms with Crippen LogP contribution < -0.4 is 10.6 Å². The van der Waals surface area contributed by atoms with E-state index in [9.17, 15) is 24.3 Å². The molecule has 0 radical (unpaired) electrons. The quantitative estimate of drug-likeness (QED) is 0.527. The van der Waals surface area contributed by atoms with Gasteiger partial charge in [0.25, 0.3) is 0 Å². The van der Waals surface area contributed by atoms with E-state index < -0.39 is 28.8 Å². The summed E-state index contributed by atoms with van der Waals surface area (Å²) < 4.78 is 5.35. The summed E-state index contributed by atoms with van der Waals surface area (Å²) in [7, 11) is 1.32. The van der Waals surface area contributed by atoms with E-state index in [1.807, 2.05) is 0 Å². The molecule has 25 heavy (non-hydrogen) atoms. The van der Waals surface area contributed by atoms with Gasteiger partial charge < -0.3 is 15.2 Å². The Bertz CT molecular complexity index is 610. The Kier molecular flexibility index (Phi) is 6.61. The summed E-state index contributed by atoms with van der Waals surface area (Å²) in [5.74, 6) is -2.10. The third kappa shape index (κ3) is 4.13. The molecule has 0 saturated carbocycles. The SMILES string of the molecule is COC1C(=O)C(C)=CC(=O)C1(NCCNC(C)=O)C(C)(C)CC(=O)O. The van der Waals surface area contributed by atoms with E-state index in [2.05, 4.69) is 10.6 Å². The van der Waals surface area contributed by atoms with Crippen molar-refractivity contribution in [3.63, 3.8) is 0 Å². The molecule has 0 saturated heterocycles. The van der Waals surface area contributed by atoms with Gasteiger partial charge in [-0.05, 0) is 18.6 Å². The minimum Gasteiger partial charge on any atom is -0.481 e. The number of carbonyl (C=O) groups excluding carboxylic acids is 3. The molecule has 0 aromatic carbocycles. The van der Waals surface area contributed by atoms with Crippen LogP contribution in [0.15, 0.2) is 11.6 Å². The van der Waals surface area contributed by atoms with Gasteiger partial charge in [0, 0.05) is 32.5 Å². The van der Waals surface area contributed by atoms with Crippen LogP contribution in [0.4, 0.5) is 0 Å². The zero-order valence-corrected chi connectivity index (χ0v) is 15.3. The minimum atomic E-state index is -1.55. The van der Waals surface area contributed by atoms with Gasteiger partial charge in [-0.3, -0.25) is 24.5 Å². The van der Waals surface area contributed by atoms with E-state index in [0.717, 1.165) is 0 Å². The molecule has 3 N–H and O–H groups in total. The number of aliphatic carboxylic acids is 1. The number of nitrogens with one attached hydrogen (secondary N) is 2. The minimum absolute atomic E-state index is 0.175. The molecule has 0 aromatic rings. The third-order valence-electron chi connectivity index (χ3n) is 4.56. The topological polar surface area (TPSA) is 122 Å². The maximum absolute atomic E-state index is 12.9. The molecule has 0 spiro atoms. The molecule has 0 bridgehead atoms. The second kappa shape index (κ2) is 7.88. The Balaban J connectivity index is 3.35. The van der Waals surface area contributed by atoms with Crippen LogP contribution in [-0.2, 0) is 23.9 Å². The normalized spacial score (nSPS) is 24.0. The summed E-state index contributed by atoms with van der Waals surface area (Å²) in [6.07, 6.45) is -0.268. The van der Waals surface area contributed by atoms with E-state index >= 15 is 0 Å². The molecule has 1 rings (SSSR count). The number of carbonyl (C=O) groups is 4. The van der Waals surface area contributed by atoms with Crippen molar-refractivity contribution in [2.75, 3.05) is 20.2 Å². The van der Waals surface area contributed by atoms with Crippen LogP contribution in [0.2, 0.25) is 0 Å². The summed E-state index contributed by atoms with van der Waals surface area (Å²) in [4.78, 5) is 47.9. The van der Waals surface area contributed by atoms with Gasteiger partial charge in [-0.25, -0.2) is 0 Å². The van der Waals surface area contributed by atoms with Gasteiger partial charge in [0.1, 0.15) is 11.6 Å². The largest absolute Gasteiger partial charge is 0.481 e. The first-order chi connectivity index (χ1) is 11.5. The third-order valence-corrected chi connectivity index (χ3v) is 4.56. The number of carboxylic acid groups (broad SMARTS) is 1. The lowest BCUT2D eigenvalue weighted by atomic mass is 9.61. The number of hydrogen-bond acceptors (Lipinski definition) is 6. The van der Waals surface area contributed by atoms with Gasteiger partial charge in [0.2, 0.25) is 5.91 Å². The predicted molar refractivity (Wildman–Crippen MR) is 90.0 cm³/mol. The summed E-state index contributed by atoms with van der Waals surface area (Å²) >= 11 is 0. The first-order valence-electron chi connectivity index (χ1n) is 8.00. The second-order valence-electron chi connectivity index (χ2n) is 6.84. The van der Waals surface area contributed by atoms with E-state index in [1.54, 1.807) is 13.8 Å². The van der Waals surface area contributed by atoms with Gasteiger partial charge in [-0.1, -0.05) is 13.8 Å². The molecule has 0 heterocycles. The average molecular weight is 354 g/mol. The molecule has 1 aliphatic rings. The van der Waals surface area contributed by atoms with Gasteiger partial charge in [0.05, 0.1) is 6.42 Å². The van der Waals surface area contributed by atoms with E-state index in [0.29, 0.717) is 0 Å². The summed E-state index contributed by atoms with van der Waals surface area (Å²) in [6.45, 7) is 6.51. The van der Waals surface area contributed by atoms with Crippen LogP contribution in [-0.4, -0.2) is 60.4 Å². The molecule has 0 aliphatic heterocycles. The zero-order chi connectivity index (χ0) is 19.4. The highest BCUT2D eigenvalue weighted by Gasteiger charge is 2.60. The maximum Gasteiger partial charge on any atom is 0.303 e. The fraction of sp³-hybridized carbons (Fsp3) is 0.647. The molecule has 1 aliphatic carbocycles. The van der Waals surface area contributed by atoms with Crippen molar-refractivity contribution < 1.29 is 29.0 Å². The van der Waals surface area contributed by atoms with Crippen LogP contribution >= 0.6 is 0 Å². The fourth-order valence-electron chi connectivity index (χ4n) is 3.32. The van der Waals surface area contributed by atoms with Gasteiger partial charge >= 0.3 is 5.97 Å². The molecule has 2 atom stereocenters. The highest BCUT2D eigenvalue weighted by Crippen LogP contribution is 2.42. The molecule has 2 unspecified atom stereocenters. The lowest BCUT2D eigenvalue weighted by molar-refractivity contribution is -0.154. The van der Waals surface area contributed by atoms with Gasteiger partial charge in [-0.15, -0.1) is 0 Å². The Morgan fingerprint density at radius 1 is 1.32 bits per heavy atom. The fourth-order valence-corrected chi connectivity index (χ4v) is 3.32. The van der Waals surface area contributed by atoms with Crippen molar-refractivity contribution >= 4 is 23.4 Å². The van der Waals surface area contributed by atoms with Crippen LogP contribution in [0.25, 0.3) is 0 Å². The van der Waals surface area contributed by atoms with Crippen molar-refractivity contribution in [1.29, 1.82) is 0 Å². The summed E-state index contributed by atoms with van der Waals surface area (Å²) in [5.41, 5.74) is -2.41. The number of Topliss-reactive ketones (excluding diaryl/α,β-unsaturated/α-hetero) is 1. The van der Waals surface area contributed by atoms with Crippen molar-refractivity contribution in [3.05, 3.63) is 11.6 Å². The maximum atomic E-state index is 12.9. The van der Waals surface area contributed by atoms with E-state index in [1.165, 1.54) is 27.0 Å². The number of methoxy groups -OCH3 is 1. The molecule has 0 fully saturated rings. The standard InChI is InChI=1S/C17H26N2O6/c1-10-8-12(21)17(15(25-5)14(10)24,16(3,4)9-13(22)23)19-7-6-18-11(2)20/h8,15,19H,6-7,9H2,1-5H3,(H,18,20)(H,22,23). The molecular weight excluding hydrogens is 328 g/mol. The van der Waals surface area contributed by atoms with Crippen LogP contribution in [0, 0.1) is 5.41 Å². The van der Waals surface area contributed by atoms with Gasteiger partial charge in [-0.2, -0.15) is 0 Å². The Morgan fingerprint density at radius 2 is 1.92 bits per heavy atom. The highest BCUT2D eigenvalue weighted by atomic mass is 16.5. The summed E-state index contributed by atoms with van der Waals surface area (Å²) in [5, 5.41) is 14.9.